The fraction of sp³-hybridized carbons (Fsp3) is 0.538. The zero-order valence-corrected chi connectivity index (χ0v) is 19.3. The first kappa shape index (κ1) is 22.4. The fourth-order valence-corrected chi connectivity index (χ4v) is 5.13. The van der Waals surface area contributed by atoms with Crippen molar-refractivity contribution >= 4 is 11.8 Å². The second-order valence-corrected chi connectivity index (χ2v) is 9.30. The highest BCUT2D eigenvalue weighted by atomic mass is 16.2. The zero-order valence-electron chi connectivity index (χ0n) is 19.3. The lowest BCUT2D eigenvalue weighted by molar-refractivity contribution is -0.132. The summed E-state index contributed by atoms with van der Waals surface area (Å²) in [6.45, 7) is 3.63. The smallest absolute Gasteiger partial charge is 0.269 e. The molecule has 1 saturated carbocycles. The number of nitrogens with zero attached hydrogens (tertiary/aromatic N) is 3. The van der Waals surface area contributed by atoms with Gasteiger partial charge in [-0.2, -0.15) is 0 Å². The average molecular weight is 435 g/mol. The van der Waals surface area contributed by atoms with Crippen molar-refractivity contribution in [1.29, 1.82) is 0 Å². The summed E-state index contributed by atoms with van der Waals surface area (Å²) in [4.78, 5) is 35.8. The Kier molecular flexibility index (Phi) is 7.18. The van der Waals surface area contributed by atoms with Crippen LogP contribution in [0.15, 0.2) is 30.5 Å². The Morgan fingerprint density at radius 2 is 1.91 bits per heavy atom. The van der Waals surface area contributed by atoms with Crippen molar-refractivity contribution < 1.29 is 9.59 Å². The van der Waals surface area contributed by atoms with Gasteiger partial charge < -0.3 is 10.2 Å². The minimum Gasteiger partial charge on any atom is -0.354 e. The van der Waals surface area contributed by atoms with Gasteiger partial charge in [-0.25, -0.2) is 0 Å². The molecule has 2 aromatic rings. The minimum atomic E-state index is -0.192. The second kappa shape index (κ2) is 10.2. The van der Waals surface area contributed by atoms with Crippen LogP contribution in [0.2, 0.25) is 0 Å². The molecule has 1 aliphatic heterocycles. The Labute approximate surface area is 190 Å². The van der Waals surface area contributed by atoms with Gasteiger partial charge in [-0.15, -0.1) is 0 Å². The molecule has 0 radical (unpaired) electrons. The maximum absolute atomic E-state index is 12.9. The SMILES string of the molecule is CNC(=O)c1ccc(-c2cc(C)nc(C3CCCN(C(=O)CCC4CCCC4)C3)c2)cn1. The molecular formula is C26H34N4O2. The predicted octanol–water partition coefficient (Wildman–Crippen LogP) is 4.49. The van der Waals surface area contributed by atoms with Gasteiger partial charge in [0.2, 0.25) is 5.91 Å². The third-order valence-electron chi connectivity index (χ3n) is 6.96. The fourth-order valence-electron chi connectivity index (χ4n) is 5.13. The number of likely N-dealkylation sites (tertiary alicyclic amines) is 1. The van der Waals surface area contributed by atoms with Gasteiger partial charge in [0.25, 0.3) is 5.91 Å². The lowest BCUT2D eigenvalue weighted by atomic mass is 9.92. The normalized spacial score (nSPS) is 19.2. The maximum Gasteiger partial charge on any atom is 0.269 e. The van der Waals surface area contributed by atoms with Crippen LogP contribution in [0.1, 0.15) is 79.2 Å². The van der Waals surface area contributed by atoms with Crippen LogP contribution in [-0.2, 0) is 4.79 Å². The Hall–Kier alpha value is -2.76. The molecule has 0 spiro atoms. The number of aromatic nitrogens is 2. The summed E-state index contributed by atoms with van der Waals surface area (Å²) < 4.78 is 0. The first-order valence-corrected chi connectivity index (χ1v) is 12.0. The Balaban J connectivity index is 1.45. The summed E-state index contributed by atoms with van der Waals surface area (Å²) in [6.07, 6.45) is 10.8. The van der Waals surface area contributed by atoms with E-state index in [1.807, 2.05) is 19.1 Å². The van der Waals surface area contributed by atoms with Crippen LogP contribution in [0.3, 0.4) is 0 Å². The van der Waals surface area contributed by atoms with Crippen LogP contribution in [0.25, 0.3) is 11.1 Å². The predicted molar refractivity (Wildman–Crippen MR) is 125 cm³/mol. The Morgan fingerprint density at radius 3 is 2.62 bits per heavy atom. The number of hydrogen-bond donors (Lipinski definition) is 1. The first-order chi connectivity index (χ1) is 15.5. The summed E-state index contributed by atoms with van der Waals surface area (Å²) in [7, 11) is 1.60. The van der Waals surface area contributed by atoms with Crippen LogP contribution in [0, 0.1) is 12.8 Å². The molecule has 32 heavy (non-hydrogen) atoms. The summed E-state index contributed by atoms with van der Waals surface area (Å²) in [6, 6.07) is 7.85. The lowest BCUT2D eigenvalue weighted by Gasteiger charge is -2.33. The largest absolute Gasteiger partial charge is 0.354 e. The highest BCUT2D eigenvalue weighted by molar-refractivity contribution is 5.92. The molecule has 170 valence electrons. The van der Waals surface area contributed by atoms with Gasteiger partial charge in [0.15, 0.2) is 0 Å². The van der Waals surface area contributed by atoms with Crippen LogP contribution in [0.5, 0.6) is 0 Å². The molecule has 4 rings (SSSR count). The van der Waals surface area contributed by atoms with Crippen LogP contribution < -0.4 is 5.32 Å². The van der Waals surface area contributed by atoms with E-state index in [1.54, 1.807) is 19.3 Å². The third-order valence-corrected chi connectivity index (χ3v) is 6.96. The number of aryl methyl sites for hydroxylation is 1. The van der Waals surface area contributed by atoms with Gasteiger partial charge in [0.1, 0.15) is 5.69 Å². The molecular weight excluding hydrogens is 400 g/mol. The number of carbonyl (C=O) groups excluding carboxylic acids is 2. The van der Waals surface area contributed by atoms with E-state index in [4.69, 9.17) is 4.98 Å². The number of hydrogen-bond acceptors (Lipinski definition) is 4. The standard InChI is InChI=1S/C26H34N4O2/c1-18-14-22(20-10-11-23(28-16-20)26(32)27-2)15-24(29-18)21-8-5-13-30(17-21)25(31)12-9-19-6-3-4-7-19/h10-11,14-16,19,21H,3-9,12-13,17H2,1-2H3,(H,27,32). The van der Waals surface area contributed by atoms with Gasteiger partial charge in [0, 0.05) is 55.6 Å². The average Bonchev–Trinajstić information content (AvgIpc) is 3.35. The summed E-state index contributed by atoms with van der Waals surface area (Å²) in [5.41, 5.74) is 4.42. The molecule has 2 aromatic heterocycles. The second-order valence-electron chi connectivity index (χ2n) is 9.30. The minimum absolute atomic E-state index is 0.192. The van der Waals surface area contributed by atoms with Crippen LogP contribution >= 0.6 is 0 Å². The molecule has 2 aliphatic rings. The van der Waals surface area contributed by atoms with E-state index in [-0.39, 0.29) is 11.8 Å². The highest BCUT2D eigenvalue weighted by Crippen LogP contribution is 2.31. The molecule has 1 atom stereocenters. The van der Waals surface area contributed by atoms with Crippen LogP contribution in [-0.4, -0.2) is 46.8 Å². The molecule has 2 amide bonds. The van der Waals surface area contributed by atoms with E-state index < -0.39 is 0 Å². The van der Waals surface area contributed by atoms with Crippen molar-refractivity contribution in [3.05, 3.63) is 47.5 Å². The van der Waals surface area contributed by atoms with Crippen LogP contribution in [0.4, 0.5) is 0 Å². The van der Waals surface area contributed by atoms with Crippen molar-refractivity contribution in [2.24, 2.45) is 5.92 Å². The highest BCUT2D eigenvalue weighted by Gasteiger charge is 2.27. The molecule has 6 nitrogen and oxygen atoms in total. The monoisotopic (exact) mass is 434 g/mol. The molecule has 1 saturated heterocycles. The number of piperidine rings is 1. The first-order valence-electron chi connectivity index (χ1n) is 12.0. The van der Waals surface area contributed by atoms with E-state index in [0.717, 1.165) is 60.8 Å². The molecule has 2 fully saturated rings. The van der Waals surface area contributed by atoms with Gasteiger partial charge >= 0.3 is 0 Å². The van der Waals surface area contributed by atoms with Crippen molar-refractivity contribution in [1.82, 2.24) is 20.2 Å². The molecule has 1 unspecified atom stereocenters. The molecule has 1 aliphatic carbocycles. The molecule has 1 N–H and O–H groups in total. The van der Waals surface area contributed by atoms with Crippen molar-refractivity contribution in [2.45, 2.75) is 64.2 Å². The number of carbonyl (C=O) groups is 2. The maximum atomic E-state index is 12.9. The van der Waals surface area contributed by atoms with Gasteiger partial charge in [-0.05, 0) is 55.9 Å². The third kappa shape index (κ3) is 5.34. The van der Waals surface area contributed by atoms with Gasteiger partial charge in [-0.3, -0.25) is 19.6 Å². The van der Waals surface area contributed by atoms with Crippen molar-refractivity contribution in [3.63, 3.8) is 0 Å². The molecule has 3 heterocycles. The van der Waals surface area contributed by atoms with E-state index in [0.29, 0.717) is 18.0 Å². The Morgan fingerprint density at radius 1 is 1.09 bits per heavy atom. The Bertz CT molecular complexity index is 951. The summed E-state index contributed by atoms with van der Waals surface area (Å²) in [5.74, 6) is 1.13. The topological polar surface area (TPSA) is 75.2 Å². The number of amides is 2. The lowest BCUT2D eigenvalue weighted by Crippen LogP contribution is -2.39. The van der Waals surface area contributed by atoms with Crippen molar-refractivity contribution in [2.75, 3.05) is 20.1 Å². The van der Waals surface area contributed by atoms with E-state index >= 15 is 0 Å². The molecule has 0 aromatic carbocycles. The number of nitrogens with one attached hydrogen (secondary N) is 1. The van der Waals surface area contributed by atoms with E-state index in [9.17, 15) is 9.59 Å². The van der Waals surface area contributed by atoms with Gasteiger partial charge in [-0.1, -0.05) is 31.7 Å². The quantitative estimate of drug-likeness (QED) is 0.727. The van der Waals surface area contributed by atoms with Gasteiger partial charge in [0.05, 0.1) is 0 Å². The molecule has 6 heteroatoms. The molecule has 0 bridgehead atoms. The van der Waals surface area contributed by atoms with E-state index in [1.165, 1.54) is 25.7 Å². The number of pyridine rings is 2. The summed E-state index contributed by atoms with van der Waals surface area (Å²) in [5, 5.41) is 2.60. The summed E-state index contributed by atoms with van der Waals surface area (Å²) >= 11 is 0. The zero-order chi connectivity index (χ0) is 22.5. The van der Waals surface area contributed by atoms with E-state index in [2.05, 4.69) is 21.3 Å². The number of rotatable bonds is 6. The van der Waals surface area contributed by atoms with Crippen molar-refractivity contribution in [3.8, 4) is 11.1 Å².